The quantitative estimate of drug-likeness (QED) is 0.598. The zero-order valence-corrected chi connectivity index (χ0v) is 6.14. The van der Waals surface area contributed by atoms with E-state index in [4.69, 9.17) is 0 Å². The summed E-state index contributed by atoms with van der Waals surface area (Å²) < 4.78 is 0. The number of nitroso groups, excluding NO2 is 1. The van der Waals surface area contributed by atoms with Crippen molar-refractivity contribution in [1.29, 1.82) is 0 Å². The predicted octanol–water partition coefficient (Wildman–Crippen LogP) is 2.03. The lowest BCUT2D eigenvalue weighted by Crippen LogP contribution is -1.81. The molecule has 0 aliphatic heterocycles. The lowest BCUT2D eigenvalue weighted by atomic mass is 10.2. The van der Waals surface area contributed by atoms with Gasteiger partial charge in [-0.1, -0.05) is 18.2 Å². The van der Waals surface area contributed by atoms with E-state index < -0.39 is 0 Å². The van der Waals surface area contributed by atoms with E-state index in [1.165, 1.54) is 0 Å². The molecule has 0 atom stereocenters. The second-order valence-corrected chi connectivity index (χ2v) is 2.32. The van der Waals surface area contributed by atoms with Crippen molar-refractivity contribution >= 4 is 16.9 Å². The molecular formula is C8H5N3O. The molecule has 0 unspecified atom stereocenters. The summed E-state index contributed by atoms with van der Waals surface area (Å²) >= 11 is 0. The first-order valence-electron chi connectivity index (χ1n) is 3.45. The van der Waals surface area contributed by atoms with Crippen molar-refractivity contribution in [2.24, 2.45) is 5.18 Å². The van der Waals surface area contributed by atoms with Gasteiger partial charge in [-0.05, 0) is 6.07 Å². The summed E-state index contributed by atoms with van der Waals surface area (Å²) in [6, 6.07) is 7.43. The Balaban J connectivity index is 2.75. The Morgan fingerprint density at radius 1 is 1.25 bits per heavy atom. The van der Waals surface area contributed by atoms with Crippen molar-refractivity contribution < 1.29 is 0 Å². The molecule has 0 saturated carbocycles. The molecule has 2 rings (SSSR count). The molecule has 0 radical (unpaired) electrons. The molecule has 2 aromatic rings. The molecule has 58 valence electrons. The SMILES string of the molecule is O=Nc1ncc2ccccc2n1. The summed E-state index contributed by atoms with van der Waals surface area (Å²) in [6.07, 6.45) is 1.58. The van der Waals surface area contributed by atoms with Crippen LogP contribution in [0.15, 0.2) is 35.6 Å². The summed E-state index contributed by atoms with van der Waals surface area (Å²) in [5, 5.41) is 3.56. The van der Waals surface area contributed by atoms with E-state index in [2.05, 4.69) is 15.1 Å². The van der Waals surface area contributed by atoms with Crippen molar-refractivity contribution in [3.8, 4) is 0 Å². The molecule has 1 heterocycles. The fourth-order valence-electron chi connectivity index (χ4n) is 1.01. The van der Waals surface area contributed by atoms with Crippen LogP contribution in [-0.4, -0.2) is 9.97 Å². The average Bonchev–Trinajstić information content (AvgIpc) is 2.17. The van der Waals surface area contributed by atoms with Crippen LogP contribution in [0.5, 0.6) is 0 Å². The van der Waals surface area contributed by atoms with Gasteiger partial charge in [0.05, 0.1) is 5.52 Å². The number of aromatic nitrogens is 2. The smallest absolute Gasteiger partial charge is 0.216 e. The maximum Gasteiger partial charge on any atom is 0.291 e. The predicted molar refractivity (Wildman–Crippen MR) is 45.0 cm³/mol. The topological polar surface area (TPSA) is 55.2 Å². The zero-order chi connectivity index (χ0) is 8.39. The van der Waals surface area contributed by atoms with Crippen molar-refractivity contribution in [2.75, 3.05) is 0 Å². The van der Waals surface area contributed by atoms with Gasteiger partial charge in [0, 0.05) is 16.8 Å². The van der Waals surface area contributed by atoms with Crippen LogP contribution in [0.4, 0.5) is 5.95 Å². The van der Waals surface area contributed by atoms with Crippen LogP contribution in [0, 0.1) is 4.91 Å². The average molecular weight is 159 g/mol. The lowest BCUT2D eigenvalue weighted by molar-refractivity contribution is 1.17. The van der Waals surface area contributed by atoms with E-state index in [1.54, 1.807) is 6.20 Å². The van der Waals surface area contributed by atoms with Gasteiger partial charge in [0.2, 0.25) is 0 Å². The monoisotopic (exact) mass is 159 g/mol. The Hall–Kier alpha value is -1.84. The van der Waals surface area contributed by atoms with Gasteiger partial charge >= 0.3 is 0 Å². The molecule has 0 aliphatic carbocycles. The summed E-state index contributed by atoms with van der Waals surface area (Å²) in [6.45, 7) is 0. The summed E-state index contributed by atoms with van der Waals surface area (Å²) in [4.78, 5) is 17.7. The molecule has 0 amide bonds. The van der Waals surface area contributed by atoms with E-state index in [-0.39, 0.29) is 5.95 Å². The number of benzene rings is 1. The first-order chi connectivity index (χ1) is 5.90. The molecule has 0 spiro atoms. The van der Waals surface area contributed by atoms with Crippen LogP contribution in [0.3, 0.4) is 0 Å². The number of hydrogen-bond donors (Lipinski definition) is 0. The number of nitrogens with zero attached hydrogens (tertiary/aromatic N) is 3. The third-order valence-corrected chi connectivity index (χ3v) is 1.56. The Bertz CT molecular complexity index is 427. The van der Waals surface area contributed by atoms with Gasteiger partial charge in [0.1, 0.15) is 0 Å². The molecule has 0 aliphatic rings. The molecule has 1 aromatic carbocycles. The van der Waals surface area contributed by atoms with Crippen molar-refractivity contribution in [3.63, 3.8) is 0 Å². The maximum absolute atomic E-state index is 10.1. The van der Waals surface area contributed by atoms with E-state index in [9.17, 15) is 4.91 Å². The summed E-state index contributed by atoms with van der Waals surface area (Å²) in [5.41, 5.74) is 0.738. The summed E-state index contributed by atoms with van der Waals surface area (Å²) in [5.74, 6) is -0.0197. The molecule has 1 aromatic heterocycles. The van der Waals surface area contributed by atoms with Crippen LogP contribution in [0.25, 0.3) is 10.9 Å². The lowest BCUT2D eigenvalue weighted by Gasteiger charge is -1.93. The Kier molecular flexibility index (Phi) is 1.51. The second kappa shape index (κ2) is 2.65. The Labute approximate surface area is 68.2 Å². The highest BCUT2D eigenvalue weighted by Crippen LogP contribution is 2.12. The minimum atomic E-state index is -0.0197. The van der Waals surface area contributed by atoms with Crippen LogP contribution in [0.1, 0.15) is 0 Å². The number of para-hydroxylation sites is 1. The minimum Gasteiger partial charge on any atom is -0.216 e. The Morgan fingerprint density at radius 3 is 2.92 bits per heavy atom. The maximum atomic E-state index is 10.1. The largest absolute Gasteiger partial charge is 0.291 e. The molecule has 0 saturated heterocycles. The van der Waals surface area contributed by atoms with Gasteiger partial charge in [-0.2, -0.15) is 0 Å². The number of rotatable bonds is 1. The van der Waals surface area contributed by atoms with E-state index in [0.717, 1.165) is 10.9 Å². The molecular weight excluding hydrogens is 154 g/mol. The van der Waals surface area contributed by atoms with Crippen LogP contribution in [0.2, 0.25) is 0 Å². The fourth-order valence-corrected chi connectivity index (χ4v) is 1.01. The number of hydrogen-bond acceptors (Lipinski definition) is 4. The summed E-state index contributed by atoms with van der Waals surface area (Å²) in [7, 11) is 0. The van der Waals surface area contributed by atoms with Gasteiger partial charge in [-0.25, -0.2) is 9.97 Å². The molecule has 4 nitrogen and oxygen atoms in total. The Morgan fingerprint density at radius 2 is 2.08 bits per heavy atom. The van der Waals surface area contributed by atoms with E-state index in [0.29, 0.717) is 0 Å². The first-order valence-corrected chi connectivity index (χ1v) is 3.45. The molecule has 12 heavy (non-hydrogen) atoms. The first kappa shape index (κ1) is 6.84. The molecule has 0 N–H and O–H groups in total. The third kappa shape index (κ3) is 1.03. The second-order valence-electron chi connectivity index (χ2n) is 2.32. The molecule has 0 fully saturated rings. The highest BCUT2D eigenvalue weighted by molar-refractivity contribution is 5.78. The van der Waals surface area contributed by atoms with Gasteiger partial charge < -0.3 is 0 Å². The highest BCUT2D eigenvalue weighted by atomic mass is 16.3. The van der Waals surface area contributed by atoms with Gasteiger partial charge in [0.25, 0.3) is 5.95 Å². The van der Waals surface area contributed by atoms with Crippen LogP contribution in [-0.2, 0) is 0 Å². The van der Waals surface area contributed by atoms with Gasteiger partial charge in [0.15, 0.2) is 0 Å². The van der Waals surface area contributed by atoms with Crippen molar-refractivity contribution in [2.45, 2.75) is 0 Å². The van der Waals surface area contributed by atoms with Crippen molar-refractivity contribution in [1.82, 2.24) is 9.97 Å². The zero-order valence-electron chi connectivity index (χ0n) is 6.14. The van der Waals surface area contributed by atoms with Crippen LogP contribution < -0.4 is 0 Å². The third-order valence-electron chi connectivity index (χ3n) is 1.56. The van der Waals surface area contributed by atoms with Gasteiger partial charge in [-0.3, -0.25) is 0 Å². The molecule has 0 bridgehead atoms. The highest BCUT2D eigenvalue weighted by Gasteiger charge is 1.96. The number of fused-ring (bicyclic) bond motifs is 1. The van der Waals surface area contributed by atoms with E-state index >= 15 is 0 Å². The minimum absolute atomic E-state index is 0.0197. The molecule has 4 heteroatoms. The van der Waals surface area contributed by atoms with Crippen LogP contribution >= 0.6 is 0 Å². The normalized spacial score (nSPS) is 10.0. The van der Waals surface area contributed by atoms with Crippen molar-refractivity contribution in [3.05, 3.63) is 35.4 Å². The fraction of sp³-hybridized carbons (Fsp3) is 0. The van der Waals surface area contributed by atoms with E-state index in [1.807, 2.05) is 24.3 Å². The van der Waals surface area contributed by atoms with Gasteiger partial charge in [-0.15, -0.1) is 4.91 Å². The standard InChI is InChI=1S/C8H5N3O/c12-11-8-9-5-6-3-1-2-4-7(6)10-8/h1-5H.